The average Bonchev–Trinajstić information content (AvgIpc) is 2.67. The Labute approximate surface area is 150 Å². The van der Waals surface area contributed by atoms with Gasteiger partial charge in [-0.25, -0.2) is 5.43 Å². The van der Waals surface area contributed by atoms with E-state index in [1.807, 2.05) is 66.7 Å². The van der Waals surface area contributed by atoms with Crippen molar-refractivity contribution in [1.82, 2.24) is 5.43 Å². The Morgan fingerprint density at radius 3 is 2.31 bits per heavy atom. The normalized spacial score (nSPS) is 11.2. The predicted molar refractivity (Wildman–Crippen MR) is 105 cm³/mol. The van der Waals surface area contributed by atoms with Gasteiger partial charge in [0.1, 0.15) is 5.75 Å². The smallest absolute Gasteiger partial charge is 0.271 e. The van der Waals surface area contributed by atoms with Gasteiger partial charge in [-0.2, -0.15) is 5.10 Å². The van der Waals surface area contributed by atoms with E-state index in [4.69, 9.17) is 0 Å². The van der Waals surface area contributed by atoms with Crippen LogP contribution in [0.15, 0.2) is 84.0 Å². The van der Waals surface area contributed by atoms with Gasteiger partial charge in [-0.15, -0.1) is 0 Å². The first kappa shape index (κ1) is 15.8. The van der Waals surface area contributed by atoms with Crippen molar-refractivity contribution in [2.45, 2.75) is 0 Å². The highest BCUT2D eigenvalue weighted by molar-refractivity contribution is 6.07. The molecule has 4 aromatic rings. The second-order valence-corrected chi connectivity index (χ2v) is 5.98. The van der Waals surface area contributed by atoms with Crippen LogP contribution in [0.2, 0.25) is 0 Å². The number of phenolic OH excluding ortho intramolecular Hbond substituents is 1. The van der Waals surface area contributed by atoms with E-state index < -0.39 is 0 Å². The largest absolute Gasteiger partial charge is 0.507 e. The molecule has 0 bridgehead atoms. The molecule has 4 aromatic carbocycles. The lowest BCUT2D eigenvalue weighted by atomic mass is 10.0. The molecule has 0 heterocycles. The van der Waals surface area contributed by atoms with Crippen molar-refractivity contribution in [1.29, 1.82) is 0 Å². The fraction of sp³-hybridized carbons (Fsp3) is 0. The van der Waals surface area contributed by atoms with E-state index in [9.17, 15) is 9.90 Å². The number of carbonyl (C=O) groups excluding carboxylic acids is 1. The molecule has 0 atom stereocenters. The predicted octanol–water partition coefficient (Wildman–Crippen LogP) is 4.46. The van der Waals surface area contributed by atoms with Crippen LogP contribution in [0.25, 0.3) is 21.5 Å². The zero-order chi connectivity index (χ0) is 17.9. The van der Waals surface area contributed by atoms with Gasteiger partial charge in [0, 0.05) is 11.1 Å². The van der Waals surface area contributed by atoms with Crippen LogP contribution in [0, 0.1) is 0 Å². The maximum Gasteiger partial charge on any atom is 0.271 e. The van der Waals surface area contributed by atoms with Crippen molar-refractivity contribution >= 4 is 33.7 Å². The molecule has 0 aliphatic rings. The zero-order valence-corrected chi connectivity index (χ0v) is 13.9. The molecule has 26 heavy (non-hydrogen) atoms. The van der Waals surface area contributed by atoms with Gasteiger partial charge in [0.05, 0.1) is 6.21 Å². The number of hydrogen-bond acceptors (Lipinski definition) is 3. The van der Waals surface area contributed by atoms with Gasteiger partial charge < -0.3 is 5.11 Å². The van der Waals surface area contributed by atoms with Crippen LogP contribution in [0.3, 0.4) is 0 Å². The standard InChI is InChI=1S/C22H16N2O2/c25-21-13-17-8-2-1-7-16(17)12-18(21)14-23-24-22(26)20-11-5-9-15-6-3-4-10-19(15)20/h1-14,25H,(H,24,26)/b23-14+. The monoisotopic (exact) mass is 340 g/mol. The summed E-state index contributed by atoms with van der Waals surface area (Å²) in [6.07, 6.45) is 1.45. The Balaban J connectivity index is 1.58. The summed E-state index contributed by atoms with van der Waals surface area (Å²) >= 11 is 0. The van der Waals surface area contributed by atoms with Crippen LogP contribution in [0.5, 0.6) is 5.75 Å². The van der Waals surface area contributed by atoms with Crippen LogP contribution in [-0.4, -0.2) is 17.2 Å². The number of phenols is 1. The summed E-state index contributed by atoms with van der Waals surface area (Å²) in [6, 6.07) is 24.5. The second-order valence-electron chi connectivity index (χ2n) is 5.98. The number of hydrazone groups is 1. The van der Waals surface area contributed by atoms with Gasteiger partial charge >= 0.3 is 0 Å². The lowest BCUT2D eigenvalue weighted by Gasteiger charge is -2.05. The summed E-state index contributed by atoms with van der Waals surface area (Å²) in [5.74, 6) is -0.176. The molecule has 4 heteroatoms. The fourth-order valence-electron chi connectivity index (χ4n) is 2.99. The van der Waals surface area contributed by atoms with Gasteiger partial charge in [-0.3, -0.25) is 4.79 Å². The Bertz CT molecular complexity index is 1140. The Hall–Kier alpha value is -3.66. The van der Waals surface area contributed by atoms with Crippen molar-refractivity contribution in [2.24, 2.45) is 5.10 Å². The molecule has 0 saturated carbocycles. The van der Waals surface area contributed by atoms with Gasteiger partial charge in [0.15, 0.2) is 0 Å². The minimum Gasteiger partial charge on any atom is -0.507 e. The van der Waals surface area contributed by atoms with E-state index in [0.717, 1.165) is 21.5 Å². The number of aromatic hydroxyl groups is 1. The molecule has 0 aromatic heterocycles. The van der Waals surface area contributed by atoms with Crippen molar-refractivity contribution in [3.8, 4) is 5.75 Å². The van der Waals surface area contributed by atoms with E-state index in [2.05, 4.69) is 10.5 Å². The summed E-state index contributed by atoms with van der Waals surface area (Å²) in [6.45, 7) is 0. The van der Waals surface area contributed by atoms with Crippen molar-refractivity contribution < 1.29 is 9.90 Å². The van der Waals surface area contributed by atoms with E-state index >= 15 is 0 Å². The minimum absolute atomic E-state index is 0.117. The van der Waals surface area contributed by atoms with Gasteiger partial charge in [-0.05, 0) is 39.7 Å². The molecule has 0 aliphatic carbocycles. The second kappa shape index (κ2) is 6.69. The quantitative estimate of drug-likeness (QED) is 0.427. The SMILES string of the molecule is O=C(N/N=C/c1cc2ccccc2cc1O)c1cccc2ccccc12. The van der Waals surface area contributed by atoms with Gasteiger partial charge in [-0.1, -0.05) is 60.7 Å². The molecule has 4 nitrogen and oxygen atoms in total. The number of carbonyl (C=O) groups is 1. The highest BCUT2D eigenvalue weighted by atomic mass is 16.3. The van der Waals surface area contributed by atoms with Gasteiger partial charge in [0.25, 0.3) is 5.91 Å². The molecule has 0 aliphatic heterocycles. The number of fused-ring (bicyclic) bond motifs is 2. The molecule has 0 spiro atoms. The Morgan fingerprint density at radius 2 is 1.50 bits per heavy atom. The molecule has 2 N–H and O–H groups in total. The third-order valence-corrected chi connectivity index (χ3v) is 4.30. The number of nitrogens with zero attached hydrogens (tertiary/aromatic N) is 1. The van der Waals surface area contributed by atoms with Gasteiger partial charge in [0.2, 0.25) is 0 Å². The summed E-state index contributed by atoms with van der Waals surface area (Å²) in [5, 5.41) is 17.9. The van der Waals surface area contributed by atoms with Crippen LogP contribution < -0.4 is 5.43 Å². The number of amides is 1. The molecule has 0 saturated heterocycles. The molecular formula is C22H16N2O2. The molecule has 1 amide bonds. The summed E-state index contributed by atoms with van der Waals surface area (Å²) in [5.41, 5.74) is 3.64. The topological polar surface area (TPSA) is 61.7 Å². The molecule has 0 fully saturated rings. The van der Waals surface area contributed by atoms with Crippen molar-refractivity contribution in [3.05, 3.63) is 90.0 Å². The van der Waals surface area contributed by atoms with Crippen LogP contribution >= 0.6 is 0 Å². The number of nitrogens with one attached hydrogen (secondary N) is 1. The highest BCUT2D eigenvalue weighted by Gasteiger charge is 2.08. The Morgan fingerprint density at radius 1 is 0.846 bits per heavy atom. The molecule has 4 rings (SSSR count). The van der Waals surface area contributed by atoms with Crippen LogP contribution in [0.1, 0.15) is 15.9 Å². The lowest BCUT2D eigenvalue weighted by Crippen LogP contribution is -2.17. The van der Waals surface area contributed by atoms with E-state index in [-0.39, 0.29) is 11.7 Å². The Kier molecular flexibility index (Phi) is 4.07. The molecule has 0 radical (unpaired) electrons. The first-order valence-electron chi connectivity index (χ1n) is 8.25. The fourth-order valence-corrected chi connectivity index (χ4v) is 2.99. The van der Waals surface area contributed by atoms with E-state index in [1.165, 1.54) is 6.21 Å². The van der Waals surface area contributed by atoms with Crippen molar-refractivity contribution in [3.63, 3.8) is 0 Å². The third kappa shape index (κ3) is 3.00. The van der Waals surface area contributed by atoms with Crippen LogP contribution in [-0.2, 0) is 0 Å². The summed E-state index contributed by atoms with van der Waals surface area (Å²) in [4.78, 5) is 12.5. The zero-order valence-electron chi connectivity index (χ0n) is 13.9. The maximum absolute atomic E-state index is 12.5. The third-order valence-electron chi connectivity index (χ3n) is 4.30. The molecule has 126 valence electrons. The summed E-state index contributed by atoms with van der Waals surface area (Å²) < 4.78 is 0. The highest BCUT2D eigenvalue weighted by Crippen LogP contribution is 2.23. The average molecular weight is 340 g/mol. The first-order chi connectivity index (χ1) is 12.7. The lowest BCUT2D eigenvalue weighted by molar-refractivity contribution is 0.0957. The maximum atomic E-state index is 12.5. The summed E-state index contributed by atoms with van der Waals surface area (Å²) in [7, 11) is 0. The number of rotatable bonds is 3. The molecule has 0 unspecified atom stereocenters. The molecular weight excluding hydrogens is 324 g/mol. The minimum atomic E-state index is -0.293. The van der Waals surface area contributed by atoms with E-state index in [0.29, 0.717) is 11.1 Å². The number of hydrogen-bond donors (Lipinski definition) is 2. The van der Waals surface area contributed by atoms with Crippen LogP contribution in [0.4, 0.5) is 0 Å². The first-order valence-corrected chi connectivity index (χ1v) is 8.25. The number of benzene rings is 4. The van der Waals surface area contributed by atoms with E-state index in [1.54, 1.807) is 12.1 Å². The van der Waals surface area contributed by atoms with Crippen molar-refractivity contribution in [2.75, 3.05) is 0 Å².